The number of nitrogens with two attached hydrogens (primary N) is 1. The first-order valence-electron chi connectivity index (χ1n) is 6.08. The number of imidazole rings is 1. The number of fused-ring (bicyclic) bond motifs is 1. The number of anilines is 1. The van der Waals surface area contributed by atoms with Crippen LogP contribution in [-0.4, -0.2) is 26.2 Å². The molecule has 2 aromatic heterocycles. The van der Waals surface area contributed by atoms with E-state index in [0.29, 0.717) is 18.1 Å². The van der Waals surface area contributed by atoms with Gasteiger partial charge in [0.25, 0.3) is 0 Å². The van der Waals surface area contributed by atoms with Gasteiger partial charge in [0.2, 0.25) is 0 Å². The van der Waals surface area contributed by atoms with Crippen molar-refractivity contribution in [3.05, 3.63) is 42.5 Å². The number of nitrogens with zero attached hydrogens (tertiary/aromatic N) is 3. The normalized spacial score (nSPS) is 11.0. The second kappa shape index (κ2) is 4.70. The first kappa shape index (κ1) is 11.7. The number of aliphatic hydroxyl groups is 1. The number of benzene rings is 1. The van der Waals surface area contributed by atoms with Gasteiger partial charge in [0.1, 0.15) is 11.5 Å². The summed E-state index contributed by atoms with van der Waals surface area (Å²) >= 11 is 0. The van der Waals surface area contributed by atoms with Gasteiger partial charge < -0.3 is 15.4 Å². The minimum absolute atomic E-state index is 0.0513. The molecule has 0 aliphatic heterocycles. The molecule has 0 saturated carbocycles. The van der Waals surface area contributed by atoms with Crippen LogP contribution in [-0.2, 0) is 6.54 Å². The molecule has 0 saturated heterocycles. The summed E-state index contributed by atoms with van der Waals surface area (Å²) in [5.41, 5.74) is 8.30. The molecule has 0 amide bonds. The summed E-state index contributed by atoms with van der Waals surface area (Å²) in [5.74, 6) is 1.18. The van der Waals surface area contributed by atoms with E-state index in [9.17, 15) is 5.11 Å². The van der Waals surface area contributed by atoms with Crippen LogP contribution in [0.1, 0.15) is 0 Å². The monoisotopic (exact) mass is 254 g/mol. The maximum Gasteiger partial charge on any atom is 0.159 e. The summed E-state index contributed by atoms with van der Waals surface area (Å²) in [6.45, 7) is 0.530. The third-order valence-corrected chi connectivity index (χ3v) is 2.98. The smallest absolute Gasteiger partial charge is 0.159 e. The zero-order valence-corrected chi connectivity index (χ0v) is 10.3. The van der Waals surface area contributed by atoms with Gasteiger partial charge in [0.15, 0.2) is 5.82 Å². The predicted molar refractivity (Wildman–Crippen MR) is 74.5 cm³/mol. The van der Waals surface area contributed by atoms with Crippen LogP contribution in [0.3, 0.4) is 0 Å². The molecule has 0 bridgehead atoms. The first-order valence-corrected chi connectivity index (χ1v) is 6.08. The lowest BCUT2D eigenvalue weighted by atomic mass is 10.3. The lowest BCUT2D eigenvalue weighted by Gasteiger charge is -2.07. The summed E-state index contributed by atoms with van der Waals surface area (Å²) in [6.07, 6.45) is 0. The van der Waals surface area contributed by atoms with Gasteiger partial charge in [-0.1, -0.05) is 18.2 Å². The summed E-state index contributed by atoms with van der Waals surface area (Å²) < 4.78 is 1.96. The molecule has 3 rings (SSSR count). The Labute approximate surface area is 110 Å². The van der Waals surface area contributed by atoms with Crippen molar-refractivity contribution in [2.45, 2.75) is 6.54 Å². The molecular weight excluding hydrogens is 240 g/mol. The Kier molecular flexibility index (Phi) is 2.89. The largest absolute Gasteiger partial charge is 0.395 e. The van der Waals surface area contributed by atoms with Crippen LogP contribution >= 0.6 is 0 Å². The van der Waals surface area contributed by atoms with E-state index in [-0.39, 0.29) is 6.61 Å². The highest BCUT2D eigenvalue weighted by molar-refractivity contribution is 5.80. The number of pyridine rings is 1. The molecule has 96 valence electrons. The molecule has 5 heteroatoms. The van der Waals surface area contributed by atoms with Crippen molar-refractivity contribution in [3.63, 3.8) is 0 Å². The van der Waals surface area contributed by atoms with E-state index in [1.165, 1.54) is 0 Å². The van der Waals surface area contributed by atoms with Gasteiger partial charge in [0, 0.05) is 6.54 Å². The van der Waals surface area contributed by atoms with Crippen molar-refractivity contribution in [2.24, 2.45) is 0 Å². The van der Waals surface area contributed by atoms with Gasteiger partial charge in [-0.2, -0.15) is 0 Å². The van der Waals surface area contributed by atoms with Crippen molar-refractivity contribution in [1.29, 1.82) is 0 Å². The number of aromatic nitrogens is 3. The van der Waals surface area contributed by atoms with Gasteiger partial charge in [-0.15, -0.1) is 0 Å². The van der Waals surface area contributed by atoms with Crippen molar-refractivity contribution >= 4 is 16.9 Å². The molecule has 3 aromatic rings. The van der Waals surface area contributed by atoms with Crippen LogP contribution in [0.2, 0.25) is 0 Å². The average Bonchev–Trinajstić information content (AvgIpc) is 2.79. The van der Waals surface area contributed by atoms with Gasteiger partial charge in [-0.05, 0) is 24.3 Å². The SMILES string of the molecule is Nc1cccc(-c2nc3ccccc3n2CCO)n1. The Morgan fingerprint density at radius 3 is 2.68 bits per heavy atom. The maximum atomic E-state index is 9.23. The summed E-state index contributed by atoms with van der Waals surface area (Å²) in [4.78, 5) is 8.87. The van der Waals surface area contributed by atoms with E-state index in [1.54, 1.807) is 6.07 Å². The third kappa shape index (κ3) is 2.04. The number of nitrogen functional groups attached to an aromatic ring is 1. The van der Waals surface area contributed by atoms with Crippen molar-refractivity contribution < 1.29 is 5.11 Å². The number of rotatable bonds is 3. The highest BCUT2D eigenvalue weighted by atomic mass is 16.3. The minimum atomic E-state index is 0.0513. The molecule has 0 atom stereocenters. The van der Waals surface area contributed by atoms with E-state index in [0.717, 1.165) is 16.9 Å². The summed E-state index contributed by atoms with van der Waals surface area (Å²) in [7, 11) is 0. The maximum absolute atomic E-state index is 9.23. The van der Waals surface area contributed by atoms with Crippen molar-refractivity contribution in [3.8, 4) is 11.5 Å². The number of hydrogen-bond acceptors (Lipinski definition) is 4. The Morgan fingerprint density at radius 2 is 1.89 bits per heavy atom. The molecular formula is C14H14N4O. The molecule has 0 fully saturated rings. The summed E-state index contributed by atoms with van der Waals surface area (Å²) in [6, 6.07) is 13.3. The van der Waals surface area contributed by atoms with Gasteiger partial charge in [-0.25, -0.2) is 9.97 Å². The zero-order chi connectivity index (χ0) is 13.2. The molecule has 0 aliphatic carbocycles. The Morgan fingerprint density at radius 1 is 1.05 bits per heavy atom. The van der Waals surface area contributed by atoms with E-state index < -0.39 is 0 Å². The minimum Gasteiger partial charge on any atom is -0.395 e. The van der Waals surface area contributed by atoms with Gasteiger partial charge >= 0.3 is 0 Å². The van der Waals surface area contributed by atoms with E-state index in [2.05, 4.69) is 9.97 Å². The van der Waals surface area contributed by atoms with E-state index in [4.69, 9.17) is 5.73 Å². The second-order valence-corrected chi connectivity index (χ2v) is 4.25. The quantitative estimate of drug-likeness (QED) is 0.745. The Bertz CT molecular complexity index is 720. The fourth-order valence-electron chi connectivity index (χ4n) is 2.17. The van der Waals surface area contributed by atoms with E-state index in [1.807, 2.05) is 41.0 Å². The second-order valence-electron chi connectivity index (χ2n) is 4.25. The Hall–Kier alpha value is -2.40. The zero-order valence-electron chi connectivity index (χ0n) is 10.3. The fourth-order valence-corrected chi connectivity index (χ4v) is 2.17. The van der Waals surface area contributed by atoms with Crippen LogP contribution < -0.4 is 5.73 Å². The molecule has 1 aromatic carbocycles. The molecule has 2 heterocycles. The standard InChI is InChI=1S/C14H14N4O/c15-13-7-3-5-11(16-13)14-17-10-4-1-2-6-12(10)18(14)8-9-19/h1-7,19H,8-9H2,(H2,15,16). The third-order valence-electron chi connectivity index (χ3n) is 2.98. The Balaban J connectivity index is 2.25. The van der Waals surface area contributed by atoms with Crippen LogP contribution in [0.5, 0.6) is 0 Å². The molecule has 0 spiro atoms. The number of aliphatic hydroxyl groups excluding tert-OH is 1. The fraction of sp³-hybridized carbons (Fsp3) is 0.143. The van der Waals surface area contributed by atoms with Gasteiger partial charge in [-0.3, -0.25) is 0 Å². The molecule has 0 unspecified atom stereocenters. The highest BCUT2D eigenvalue weighted by Gasteiger charge is 2.12. The average molecular weight is 254 g/mol. The van der Waals surface area contributed by atoms with Crippen LogP contribution in [0.15, 0.2) is 42.5 Å². The molecule has 3 N–H and O–H groups in total. The number of para-hydroxylation sites is 2. The molecule has 5 nitrogen and oxygen atoms in total. The summed E-state index contributed by atoms with van der Waals surface area (Å²) in [5, 5.41) is 9.23. The van der Waals surface area contributed by atoms with Crippen molar-refractivity contribution in [1.82, 2.24) is 14.5 Å². The predicted octanol–water partition coefficient (Wildman–Crippen LogP) is 1.67. The lowest BCUT2D eigenvalue weighted by Crippen LogP contribution is -2.05. The molecule has 0 aliphatic rings. The van der Waals surface area contributed by atoms with E-state index >= 15 is 0 Å². The highest BCUT2D eigenvalue weighted by Crippen LogP contribution is 2.23. The first-order chi connectivity index (χ1) is 9.29. The van der Waals surface area contributed by atoms with Crippen LogP contribution in [0.25, 0.3) is 22.6 Å². The number of hydrogen-bond donors (Lipinski definition) is 2. The molecule has 19 heavy (non-hydrogen) atoms. The topological polar surface area (TPSA) is 77.0 Å². The van der Waals surface area contributed by atoms with Crippen molar-refractivity contribution in [2.75, 3.05) is 12.3 Å². The van der Waals surface area contributed by atoms with Crippen LogP contribution in [0.4, 0.5) is 5.82 Å². The molecule has 0 radical (unpaired) electrons. The van der Waals surface area contributed by atoms with Gasteiger partial charge in [0.05, 0.1) is 17.6 Å². The lowest BCUT2D eigenvalue weighted by molar-refractivity contribution is 0.278. The van der Waals surface area contributed by atoms with Crippen LogP contribution in [0, 0.1) is 0 Å².